The smallest absolute Gasteiger partial charge is 0.447 e. The lowest BCUT2D eigenvalue weighted by Gasteiger charge is -2.49. The second-order valence-electron chi connectivity index (χ2n) is 4.54. The second kappa shape index (κ2) is 3.97. The maximum absolute atomic E-state index is 12.1. The summed E-state index contributed by atoms with van der Waals surface area (Å²) in [5.74, 6) is -2.68. The van der Waals surface area contributed by atoms with E-state index in [4.69, 9.17) is 0 Å². The zero-order chi connectivity index (χ0) is 12.7. The molecule has 1 saturated carbocycles. The molecule has 1 heterocycles. The number of piperidine rings is 1. The molecular formula is C10H12F3NO3. The Labute approximate surface area is 95.5 Å². The lowest BCUT2D eigenvalue weighted by Crippen LogP contribution is -2.60. The number of Topliss-reactive ketones (excluding diaryl/α,β-unsaturated/α-hetero) is 1. The van der Waals surface area contributed by atoms with E-state index in [0.29, 0.717) is 25.9 Å². The number of rotatable bonds is 1. The molecule has 1 aliphatic heterocycles. The van der Waals surface area contributed by atoms with Gasteiger partial charge in [0.1, 0.15) is 0 Å². The van der Waals surface area contributed by atoms with Gasteiger partial charge < -0.3 is 10.1 Å². The Morgan fingerprint density at radius 3 is 2.41 bits per heavy atom. The van der Waals surface area contributed by atoms with E-state index in [9.17, 15) is 22.8 Å². The van der Waals surface area contributed by atoms with Crippen LogP contribution in [0.15, 0.2) is 0 Å². The first-order valence-electron chi connectivity index (χ1n) is 5.36. The van der Waals surface area contributed by atoms with Crippen molar-refractivity contribution in [3.63, 3.8) is 0 Å². The van der Waals surface area contributed by atoms with Gasteiger partial charge in [-0.3, -0.25) is 4.79 Å². The van der Waals surface area contributed by atoms with Crippen molar-refractivity contribution in [1.29, 1.82) is 0 Å². The molecule has 2 aliphatic rings. The highest BCUT2D eigenvalue weighted by molar-refractivity contribution is 5.93. The van der Waals surface area contributed by atoms with Gasteiger partial charge in [0.2, 0.25) is 0 Å². The standard InChI is InChI=1S/C10H12F3NO3/c11-10(12,13)8(16)17-7-6(15)5-9(7)1-3-14-4-2-9/h7,14H,1-5H2. The van der Waals surface area contributed by atoms with Crippen LogP contribution >= 0.6 is 0 Å². The van der Waals surface area contributed by atoms with E-state index < -0.39 is 29.4 Å². The fourth-order valence-corrected chi connectivity index (χ4v) is 2.47. The minimum atomic E-state index is -5.04. The highest BCUT2D eigenvalue weighted by Crippen LogP contribution is 2.47. The van der Waals surface area contributed by atoms with Crippen molar-refractivity contribution in [2.45, 2.75) is 31.5 Å². The van der Waals surface area contributed by atoms with Crippen LogP contribution < -0.4 is 5.32 Å². The summed E-state index contributed by atoms with van der Waals surface area (Å²) >= 11 is 0. The molecular weight excluding hydrogens is 239 g/mol. The van der Waals surface area contributed by atoms with E-state index >= 15 is 0 Å². The van der Waals surface area contributed by atoms with Gasteiger partial charge in [-0.15, -0.1) is 0 Å². The Balaban J connectivity index is 2.04. The fraction of sp³-hybridized carbons (Fsp3) is 0.800. The van der Waals surface area contributed by atoms with Gasteiger partial charge in [0.15, 0.2) is 11.9 Å². The van der Waals surface area contributed by atoms with E-state index in [0.717, 1.165) is 0 Å². The molecule has 0 amide bonds. The predicted molar refractivity (Wildman–Crippen MR) is 50.1 cm³/mol. The molecule has 1 N–H and O–H groups in total. The Morgan fingerprint density at radius 2 is 1.94 bits per heavy atom. The van der Waals surface area contributed by atoms with Gasteiger partial charge in [-0.2, -0.15) is 13.2 Å². The molecule has 96 valence electrons. The number of ketones is 1. The van der Waals surface area contributed by atoms with E-state index in [1.54, 1.807) is 0 Å². The van der Waals surface area contributed by atoms with Crippen molar-refractivity contribution >= 4 is 11.8 Å². The normalized spacial score (nSPS) is 27.7. The molecule has 17 heavy (non-hydrogen) atoms. The van der Waals surface area contributed by atoms with Gasteiger partial charge in [-0.05, 0) is 25.9 Å². The second-order valence-corrected chi connectivity index (χ2v) is 4.54. The zero-order valence-corrected chi connectivity index (χ0v) is 8.97. The number of hydrogen-bond donors (Lipinski definition) is 1. The zero-order valence-electron chi connectivity index (χ0n) is 8.97. The maximum atomic E-state index is 12.1. The topological polar surface area (TPSA) is 55.4 Å². The maximum Gasteiger partial charge on any atom is 0.490 e. The number of ether oxygens (including phenoxy) is 1. The third kappa shape index (κ3) is 2.15. The number of hydrogen-bond acceptors (Lipinski definition) is 4. The highest BCUT2D eigenvalue weighted by Gasteiger charge is 2.58. The Kier molecular flexibility index (Phi) is 2.89. The molecule has 1 unspecified atom stereocenters. The summed E-state index contributed by atoms with van der Waals surface area (Å²) in [5, 5.41) is 3.05. The monoisotopic (exact) mass is 251 g/mol. The number of halogens is 3. The summed E-state index contributed by atoms with van der Waals surface area (Å²) in [6.07, 6.45) is -4.91. The molecule has 0 radical (unpaired) electrons. The average molecular weight is 251 g/mol. The third-order valence-electron chi connectivity index (χ3n) is 3.43. The molecule has 1 spiro atoms. The van der Waals surface area contributed by atoms with Gasteiger partial charge >= 0.3 is 12.1 Å². The van der Waals surface area contributed by atoms with Gasteiger partial charge in [0, 0.05) is 11.8 Å². The third-order valence-corrected chi connectivity index (χ3v) is 3.43. The summed E-state index contributed by atoms with van der Waals surface area (Å²) < 4.78 is 40.5. The molecule has 0 aromatic carbocycles. The summed E-state index contributed by atoms with van der Waals surface area (Å²) in [6.45, 7) is 1.26. The largest absolute Gasteiger partial charge is 0.490 e. The van der Waals surface area contributed by atoms with Crippen molar-refractivity contribution in [1.82, 2.24) is 5.32 Å². The number of nitrogens with one attached hydrogen (secondary N) is 1. The lowest BCUT2D eigenvalue weighted by atomic mass is 9.60. The summed E-state index contributed by atoms with van der Waals surface area (Å²) in [6, 6.07) is 0. The van der Waals surface area contributed by atoms with Crippen LogP contribution in [-0.2, 0) is 14.3 Å². The Morgan fingerprint density at radius 1 is 1.35 bits per heavy atom. The Bertz CT molecular complexity index is 347. The van der Waals surface area contributed by atoms with E-state index in [1.807, 2.05) is 0 Å². The molecule has 1 atom stereocenters. The number of alkyl halides is 3. The molecule has 4 nitrogen and oxygen atoms in total. The summed E-state index contributed by atoms with van der Waals surface area (Å²) in [7, 11) is 0. The van der Waals surface area contributed by atoms with Gasteiger partial charge in [-0.1, -0.05) is 0 Å². The van der Waals surface area contributed by atoms with E-state index in [-0.39, 0.29) is 6.42 Å². The van der Waals surface area contributed by atoms with Crippen molar-refractivity contribution in [3.05, 3.63) is 0 Å². The molecule has 1 aliphatic carbocycles. The van der Waals surface area contributed by atoms with Crippen molar-refractivity contribution in [2.24, 2.45) is 5.41 Å². The molecule has 0 aromatic rings. The van der Waals surface area contributed by atoms with Gasteiger partial charge in [-0.25, -0.2) is 4.79 Å². The van der Waals surface area contributed by atoms with Gasteiger partial charge in [0.25, 0.3) is 0 Å². The van der Waals surface area contributed by atoms with Crippen LogP contribution in [0.5, 0.6) is 0 Å². The summed E-state index contributed by atoms with van der Waals surface area (Å²) in [4.78, 5) is 22.0. The first kappa shape index (κ1) is 12.3. The first-order valence-corrected chi connectivity index (χ1v) is 5.36. The molecule has 0 bridgehead atoms. The lowest BCUT2D eigenvalue weighted by molar-refractivity contribution is -0.218. The van der Waals surface area contributed by atoms with Crippen LogP contribution in [0.1, 0.15) is 19.3 Å². The van der Waals surface area contributed by atoms with Crippen molar-refractivity contribution in [3.8, 4) is 0 Å². The molecule has 0 aromatic heterocycles. The van der Waals surface area contributed by atoms with Gasteiger partial charge in [0.05, 0.1) is 0 Å². The Hall–Kier alpha value is -1.11. The molecule has 7 heteroatoms. The van der Waals surface area contributed by atoms with E-state index in [2.05, 4.69) is 10.1 Å². The van der Waals surface area contributed by atoms with Crippen molar-refractivity contribution < 1.29 is 27.5 Å². The van der Waals surface area contributed by atoms with Crippen LogP contribution in [0.2, 0.25) is 0 Å². The van der Waals surface area contributed by atoms with Crippen LogP contribution in [0.4, 0.5) is 13.2 Å². The minimum Gasteiger partial charge on any atom is -0.447 e. The van der Waals surface area contributed by atoms with Crippen LogP contribution in [-0.4, -0.2) is 37.1 Å². The minimum absolute atomic E-state index is 0.213. The van der Waals surface area contributed by atoms with Crippen molar-refractivity contribution in [2.75, 3.05) is 13.1 Å². The first-order chi connectivity index (χ1) is 7.85. The number of carbonyl (C=O) groups excluding carboxylic acids is 2. The average Bonchev–Trinajstić information content (AvgIpc) is 2.25. The highest BCUT2D eigenvalue weighted by atomic mass is 19.4. The van der Waals surface area contributed by atoms with Crippen LogP contribution in [0.3, 0.4) is 0 Å². The summed E-state index contributed by atoms with van der Waals surface area (Å²) in [5.41, 5.74) is -0.566. The number of esters is 1. The molecule has 1 saturated heterocycles. The fourth-order valence-electron chi connectivity index (χ4n) is 2.47. The van der Waals surface area contributed by atoms with Crippen LogP contribution in [0, 0.1) is 5.41 Å². The molecule has 2 rings (SSSR count). The quantitative estimate of drug-likeness (QED) is 0.700. The number of carbonyl (C=O) groups is 2. The predicted octanol–water partition coefficient (Wildman–Crippen LogP) is 0.803. The SMILES string of the molecule is O=C1CC2(CCNCC2)C1OC(=O)C(F)(F)F. The molecule has 2 fully saturated rings. The van der Waals surface area contributed by atoms with Crippen LogP contribution in [0.25, 0.3) is 0 Å². The van der Waals surface area contributed by atoms with E-state index in [1.165, 1.54) is 0 Å².